The first-order valence-electron chi connectivity index (χ1n) is 11.9. The number of rotatable bonds is 7. The number of nitrogens with zero attached hydrogens (tertiary/aromatic N) is 1. The molecule has 2 aromatic heterocycles. The summed E-state index contributed by atoms with van der Waals surface area (Å²) in [6.45, 7) is 0. The summed E-state index contributed by atoms with van der Waals surface area (Å²) in [6.07, 6.45) is 9.68. The molecule has 3 aliphatic carbocycles. The van der Waals surface area contributed by atoms with Crippen molar-refractivity contribution in [2.75, 3.05) is 10.6 Å². The molecule has 2 fully saturated rings. The number of aryl methyl sites for hydroxylation is 1. The lowest BCUT2D eigenvalue weighted by Crippen LogP contribution is -2.28. The maximum Gasteiger partial charge on any atom is 0.228 e. The van der Waals surface area contributed by atoms with E-state index in [0.717, 1.165) is 60.7 Å². The fourth-order valence-electron chi connectivity index (χ4n) is 4.71. The van der Waals surface area contributed by atoms with Crippen LogP contribution in [0.1, 0.15) is 48.1 Å². The molecule has 1 unspecified atom stereocenters. The minimum Gasteiger partial charge on any atom is -0.356 e. The zero-order valence-corrected chi connectivity index (χ0v) is 19.2. The summed E-state index contributed by atoms with van der Waals surface area (Å²) < 4.78 is 5.24. The average Bonchev–Trinajstić information content (AvgIpc) is 3.75. The van der Waals surface area contributed by atoms with E-state index in [2.05, 4.69) is 15.8 Å². The normalized spacial score (nSPS) is 19.7. The Kier molecular flexibility index (Phi) is 5.29. The van der Waals surface area contributed by atoms with E-state index < -0.39 is 0 Å². The van der Waals surface area contributed by atoms with Crippen molar-refractivity contribution >= 4 is 33.8 Å². The van der Waals surface area contributed by atoms with Gasteiger partial charge in [0.1, 0.15) is 0 Å². The van der Waals surface area contributed by atoms with E-state index in [1.807, 2.05) is 24.3 Å². The standard InChI is InChI=1S/C26H27N3O3S/c30-24(16-6-7-16)29-26-21(12-15-4-5-15)20-14-18(8-9-23(20)33-26)25(31)28-19-3-1-2-17(13-19)22-10-11-27-32-22/h1-3,10-11,13,15-16,18H,4-9,12,14H2,(H,28,31)(H,29,30). The predicted molar refractivity (Wildman–Crippen MR) is 128 cm³/mol. The molecule has 7 heteroatoms. The summed E-state index contributed by atoms with van der Waals surface area (Å²) in [6, 6.07) is 9.48. The first-order chi connectivity index (χ1) is 16.1. The van der Waals surface area contributed by atoms with Gasteiger partial charge in [0.25, 0.3) is 0 Å². The Morgan fingerprint density at radius 2 is 1.88 bits per heavy atom. The van der Waals surface area contributed by atoms with E-state index in [0.29, 0.717) is 5.76 Å². The molecule has 2 heterocycles. The van der Waals surface area contributed by atoms with Crippen LogP contribution in [0.15, 0.2) is 41.1 Å². The lowest BCUT2D eigenvalue weighted by Gasteiger charge is -2.23. The van der Waals surface area contributed by atoms with Crippen LogP contribution in [0.5, 0.6) is 0 Å². The average molecular weight is 462 g/mol. The molecule has 0 radical (unpaired) electrons. The summed E-state index contributed by atoms with van der Waals surface area (Å²) >= 11 is 1.74. The zero-order valence-electron chi connectivity index (χ0n) is 18.4. The molecular weight excluding hydrogens is 434 g/mol. The molecule has 0 saturated heterocycles. The summed E-state index contributed by atoms with van der Waals surface area (Å²) in [5.41, 5.74) is 4.27. The molecule has 3 aliphatic rings. The van der Waals surface area contributed by atoms with E-state index in [-0.39, 0.29) is 23.7 Å². The highest BCUT2D eigenvalue weighted by Gasteiger charge is 2.35. The first-order valence-corrected chi connectivity index (χ1v) is 12.7. The van der Waals surface area contributed by atoms with Crippen molar-refractivity contribution in [3.63, 3.8) is 0 Å². The number of carbonyl (C=O) groups is 2. The van der Waals surface area contributed by atoms with Gasteiger partial charge in [0.2, 0.25) is 11.8 Å². The van der Waals surface area contributed by atoms with Crippen molar-refractivity contribution in [2.24, 2.45) is 17.8 Å². The molecule has 170 valence electrons. The number of thiophene rings is 1. The van der Waals surface area contributed by atoms with Crippen LogP contribution in [-0.2, 0) is 28.9 Å². The van der Waals surface area contributed by atoms with Crippen LogP contribution in [0.4, 0.5) is 10.7 Å². The van der Waals surface area contributed by atoms with Crippen LogP contribution >= 0.6 is 11.3 Å². The fourth-order valence-corrected chi connectivity index (χ4v) is 5.99. The zero-order chi connectivity index (χ0) is 22.4. The lowest BCUT2D eigenvalue weighted by molar-refractivity contribution is -0.120. The molecule has 2 saturated carbocycles. The van der Waals surface area contributed by atoms with Crippen LogP contribution in [0.25, 0.3) is 11.3 Å². The number of nitrogens with one attached hydrogen (secondary N) is 2. The van der Waals surface area contributed by atoms with Gasteiger partial charge in [-0.25, -0.2) is 0 Å². The molecule has 0 aliphatic heterocycles. The molecule has 2 N–H and O–H groups in total. The maximum absolute atomic E-state index is 13.2. The topological polar surface area (TPSA) is 84.2 Å². The SMILES string of the molecule is O=C(Nc1cccc(-c2ccno2)c1)C1CCc2sc(NC(=O)C3CC3)c(CC3CC3)c2C1. The number of hydrogen-bond donors (Lipinski definition) is 2. The van der Waals surface area contributed by atoms with Crippen molar-refractivity contribution in [1.82, 2.24) is 5.16 Å². The second kappa shape index (κ2) is 8.45. The van der Waals surface area contributed by atoms with Gasteiger partial charge >= 0.3 is 0 Å². The van der Waals surface area contributed by atoms with E-state index in [1.54, 1.807) is 23.6 Å². The molecule has 6 nitrogen and oxygen atoms in total. The maximum atomic E-state index is 13.2. The minimum atomic E-state index is -0.0639. The third-order valence-corrected chi connectivity index (χ3v) is 8.22. The smallest absolute Gasteiger partial charge is 0.228 e. The van der Waals surface area contributed by atoms with Crippen molar-refractivity contribution in [1.29, 1.82) is 0 Å². The van der Waals surface area contributed by atoms with Gasteiger partial charge in [-0.3, -0.25) is 9.59 Å². The number of fused-ring (bicyclic) bond motifs is 1. The molecule has 1 atom stereocenters. The van der Waals surface area contributed by atoms with Gasteiger partial charge in [-0.05, 0) is 80.5 Å². The van der Waals surface area contributed by atoms with Gasteiger partial charge < -0.3 is 15.2 Å². The van der Waals surface area contributed by atoms with Crippen LogP contribution in [0.2, 0.25) is 0 Å². The third-order valence-electron chi connectivity index (χ3n) is 6.97. The Bertz CT molecular complexity index is 1190. The number of hydrogen-bond acceptors (Lipinski definition) is 5. The Morgan fingerprint density at radius 3 is 2.64 bits per heavy atom. The molecule has 1 aromatic carbocycles. The summed E-state index contributed by atoms with van der Waals surface area (Å²) in [7, 11) is 0. The largest absolute Gasteiger partial charge is 0.356 e. The highest BCUT2D eigenvalue weighted by atomic mass is 32.1. The van der Waals surface area contributed by atoms with Gasteiger partial charge in [0, 0.05) is 34.0 Å². The first kappa shape index (κ1) is 20.7. The Morgan fingerprint density at radius 1 is 1.03 bits per heavy atom. The molecule has 33 heavy (non-hydrogen) atoms. The van der Waals surface area contributed by atoms with Gasteiger partial charge in [0.05, 0.1) is 11.2 Å². The molecule has 0 spiro atoms. The van der Waals surface area contributed by atoms with E-state index >= 15 is 0 Å². The molecular formula is C26H27N3O3S. The Labute approximate surface area is 196 Å². The Balaban J connectivity index is 1.19. The van der Waals surface area contributed by atoms with E-state index in [1.165, 1.54) is 28.8 Å². The van der Waals surface area contributed by atoms with Crippen molar-refractivity contribution < 1.29 is 14.1 Å². The van der Waals surface area contributed by atoms with E-state index in [9.17, 15) is 9.59 Å². The van der Waals surface area contributed by atoms with Gasteiger partial charge in [0.15, 0.2) is 5.76 Å². The van der Waals surface area contributed by atoms with Crippen molar-refractivity contribution in [3.05, 3.63) is 52.5 Å². The van der Waals surface area contributed by atoms with Gasteiger partial charge in [-0.1, -0.05) is 17.3 Å². The second-order valence-corrected chi connectivity index (χ2v) is 10.7. The van der Waals surface area contributed by atoms with Crippen LogP contribution < -0.4 is 10.6 Å². The molecule has 3 aromatic rings. The fraction of sp³-hybridized carbons (Fsp3) is 0.423. The number of carbonyl (C=O) groups excluding carboxylic acids is 2. The van der Waals surface area contributed by atoms with Crippen LogP contribution in [-0.4, -0.2) is 17.0 Å². The third kappa shape index (κ3) is 4.47. The number of benzene rings is 1. The molecule has 6 rings (SSSR count). The number of amides is 2. The monoisotopic (exact) mass is 461 g/mol. The molecule has 0 bridgehead atoms. The summed E-state index contributed by atoms with van der Waals surface area (Å²) in [4.78, 5) is 27.0. The Hall–Kier alpha value is -2.93. The van der Waals surface area contributed by atoms with Crippen LogP contribution in [0.3, 0.4) is 0 Å². The summed E-state index contributed by atoms with van der Waals surface area (Å²) in [5.74, 6) is 1.77. The number of aromatic nitrogens is 1. The summed E-state index contributed by atoms with van der Waals surface area (Å²) in [5, 5.41) is 11.2. The lowest BCUT2D eigenvalue weighted by atomic mass is 9.85. The predicted octanol–water partition coefficient (Wildman–Crippen LogP) is 5.45. The van der Waals surface area contributed by atoms with E-state index in [4.69, 9.17) is 4.52 Å². The molecule has 2 amide bonds. The quantitative estimate of drug-likeness (QED) is 0.490. The van der Waals surface area contributed by atoms with Crippen molar-refractivity contribution in [2.45, 2.75) is 51.4 Å². The minimum absolute atomic E-state index is 0.0579. The second-order valence-electron chi connectivity index (χ2n) is 9.61. The van der Waals surface area contributed by atoms with Gasteiger partial charge in [-0.15, -0.1) is 11.3 Å². The highest BCUT2D eigenvalue weighted by molar-refractivity contribution is 7.16. The van der Waals surface area contributed by atoms with Gasteiger partial charge in [-0.2, -0.15) is 0 Å². The highest BCUT2D eigenvalue weighted by Crippen LogP contribution is 2.45. The van der Waals surface area contributed by atoms with Crippen molar-refractivity contribution in [3.8, 4) is 11.3 Å². The number of anilines is 2. The van der Waals surface area contributed by atoms with Crippen LogP contribution in [0, 0.1) is 17.8 Å².